The molecule has 3 aromatic rings. The zero-order valence-corrected chi connectivity index (χ0v) is 22.5. The van der Waals surface area contributed by atoms with Gasteiger partial charge in [-0.15, -0.1) is 0 Å². The number of piperidine rings is 1. The lowest BCUT2D eigenvalue weighted by molar-refractivity contribution is 0.206. The summed E-state index contributed by atoms with van der Waals surface area (Å²) in [4.78, 5) is 2.38. The van der Waals surface area contributed by atoms with E-state index in [1.54, 1.807) is 22.9 Å². The molecule has 7 nitrogen and oxygen atoms in total. The SMILES string of the molecule is C=C/C=C\C=C(/C=C)C(N)CN1CCC(c2nnc(C)c3c(C)n(-c4ccc(OCC)cc4F)nc23)CC1. The van der Waals surface area contributed by atoms with Crippen LogP contribution >= 0.6 is 0 Å². The van der Waals surface area contributed by atoms with Crippen LogP contribution in [0.5, 0.6) is 5.75 Å². The first-order chi connectivity index (χ1) is 18.4. The summed E-state index contributed by atoms with van der Waals surface area (Å²) in [6, 6.07) is 4.75. The van der Waals surface area contributed by atoms with E-state index in [2.05, 4.69) is 28.3 Å². The van der Waals surface area contributed by atoms with Gasteiger partial charge in [-0.2, -0.15) is 15.3 Å². The van der Waals surface area contributed by atoms with Gasteiger partial charge in [0.25, 0.3) is 0 Å². The number of halogens is 1. The minimum atomic E-state index is -0.385. The Balaban J connectivity index is 1.54. The van der Waals surface area contributed by atoms with Crippen LogP contribution < -0.4 is 10.5 Å². The monoisotopic (exact) mass is 516 g/mol. The number of fused-ring (bicyclic) bond motifs is 1. The molecule has 0 spiro atoms. The van der Waals surface area contributed by atoms with Crippen molar-refractivity contribution in [3.05, 3.63) is 90.2 Å². The van der Waals surface area contributed by atoms with Gasteiger partial charge in [0.1, 0.15) is 17.0 Å². The van der Waals surface area contributed by atoms with E-state index in [0.29, 0.717) is 18.0 Å². The fourth-order valence-electron chi connectivity index (χ4n) is 5.13. The second-order valence-corrected chi connectivity index (χ2v) is 9.61. The molecule has 0 aliphatic carbocycles. The van der Waals surface area contributed by atoms with Crippen molar-refractivity contribution >= 4 is 10.9 Å². The van der Waals surface area contributed by atoms with Crippen molar-refractivity contribution in [2.24, 2.45) is 5.73 Å². The average molecular weight is 517 g/mol. The van der Waals surface area contributed by atoms with Crippen LogP contribution in [0.15, 0.2) is 67.3 Å². The molecule has 4 rings (SSSR count). The highest BCUT2D eigenvalue weighted by atomic mass is 19.1. The summed E-state index contributed by atoms with van der Waals surface area (Å²) in [6.45, 7) is 16.4. The number of benzene rings is 1. The molecule has 200 valence electrons. The second kappa shape index (κ2) is 12.3. The van der Waals surface area contributed by atoms with E-state index in [-0.39, 0.29) is 17.8 Å². The van der Waals surface area contributed by atoms with Crippen molar-refractivity contribution in [1.29, 1.82) is 0 Å². The Bertz CT molecular complexity index is 1370. The molecular formula is C30H37FN6O. The third-order valence-electron chi connectivity index (χ3n) is 7.12. The molecule has 2 N–H and O–H groups in total. The standard InChI is InChI=1S/C30H37FN6O/c1-6-9-10-11-22(7-2)26(32)19-36-16-14-23(15-17-36)29-30-28(20(4)33-34-29)21(5)37(35-30)27-13-12-24(38-8-3)18-25(27)31/h6-7,9-13,18,23,26H,1-2,8,14-17,19,32H2,3-5H3/b10-9-,22-11+. The molecule has 1 atom stereocenters. The molecular weight excluding hydrogens is 479 g/mol. The largest absolute Gasteiger partial charge is 0.494 e. The summed E-state index contributed by atoms with van der Waals surface area (Å²) in [5.41, 5.74) is 11.2. The highest BCUT2D eigenvalue weighted by molar-refractivity contribution is 5.86. The van der Waals surface area contributed by atoms with Crippen molar-refractivity contribution in [3.8, 4) is 11.4 Å². The van der Waals surface area contributed by atoms with Crippen molar-refractivity contribution in [2.45, 2.75) is 45.6 Å². The summed E-state index contributed by atoms with van der Waals surface area (Å²) in [6.07, 6.45) is 11.2. The van der Waals surface area contributed by atoms with Crippen molar-refractivity contribution in [1.82, 2.24) is 24.9 Å². The number of nitrogens with zero attached hydrogens (tertiary/aromatic N) is 5. The van der Waals surface area contributed by atoms with E-state index >= 15 is 4.39 Å². The van der Waals surface area contributed by atoms with Crippen molar-refractivity contribution < 1.29 is 9.13 Å². The molecule has 0 saturated carbocycles. The second-order valence-electron chi connectivity index (χ2n) is 9.61. The first-order valence-electron chi connectivity index (χ1n) is 13.1. The maximum atomic E-state index is 15.0. The topological polar surface area (TPSA) is 82.1 Å². The number of aryl methyl sites for hydroxylation is 2. The molecule has 1 saturated heterocycles. The van der Waals surface area contributed by atoms with Crippen LogP contribution in [-0.4, -0.2) is 57.2 Å². The van der Waals surface area contributed by atoms with E-state index in [1.807, 2.05) is 45.1 Å². The smallest absolute Gasteiger partial charge is 0.152 e. The minimum absolute atomic E-state index is 0.119. The van der Waals surface area contributed by atoms with Gasteiger partial charge in [0.2, 0.25) is 0 Å². The Labute approximate surface area is 224 Å². The number of nitrogens with two attached hydrogens (primary N) is 1. The molecule has 8 heteroatoms. The number of hydrogen-bond donors (Lipinski definition) is 1. The quantitative estimate of drug-likeness (QED) is 0.367. The fourth-order valence-corrected chi connectivity index (χ4v) is 5.13. The van der Waals surface area contributed by atoms with Crippen LogP contribution in [0.2, 0.25) is 0 Å². The van der Waals surface area contributed by atoms with E-state index in [4.69, 9.17) is 15.6 Å². The summed E-state index contributed by atoms with van der Waals surface area (Å²) in [7, 11) is 0. The van der Waals surface area contributed by atoms with Crippen LogP contribution in [0.3, 0.4) is 0 Å². The Hall–Kier alpha value is -3.62. The lowest BCUT2D eigenvalue weighted by Gasteiger charge is -2.33. The Morgan fingerprint density at radius 2 is 1.97 bits per heavy atom. The van der Waals surface area contributed by atoms with Crippen molar-refractivity contribution in [3.63, 3.8) is 0 Å². The van der Waals surface area contributed by atoms with Gasteiger partial charge in [0.15, 0.2) is 5.82 Å². The lowest BCUT2D eigenvalue weighted by atomic mass is 9.91. The van der Waals surface area contributed by atoms with Gasteiger partial charge >= 0.3 is 0 Å². The molecule has 0 amide bonds. The zero-order valence-electron chi connectivity index (χ0n) is 22.5. The average Bonchev–Trinajstić information content (AvgIpc) is 3.25. The van der Waals surface area contributed by atoms with Crippen LogP contribution in [0.1, 0.15) is 42.8 Å². The van der Waals surface area contributed by atoms with E-state index in [0.717, 1.165) is 66.0 Å². The lowest BCUT2D eigenvalue weighted by Crippen LogP contribution is -2.42. The Morgan fingerprint density at radius 1 is 1.21 bits per heavy atom. The van der Waals surface area contributed by atoms with Gasteiger partial charge in [-0.3, -0.25) is 0 Å². The third kappa shape index (κ3) is 5.76. The number of likely N-dealkylation sites (tertiary alicyclic amines) is 1. The third-order valence-corrected chi connectivity index (χ3v) is 7.12. The molecule has 1 fully saturated rings. The summed E-state index contributed by atoms with van der Waals surface area (Å²) in [5, 5.41) is 14.8. The van der Waals surface area contributed by atoms with Gasteiger partial charge in [-0.05, 0) is 64.4 Å². The number of ether oxygens (including phenoxy) is 1. The predicted octanol–water partition coefficient (Wildman–Crippen LogP) is 5.33. The Kier molecular flexibility index (Phi) is 8.86. The number of hydrogen-bond acceptors (Lipinski definition) is 6. The fraction of sp³-hybridized carbons (Fsp3) is 0.367. The predicted molar refractivity (Wildman–Crippen MR) is 151 cm³/mol. The number of allylic oxidation sites excluding steroid dienone is 4. The van der Waals surface area contributed by atoms with Crippen LogP contribution in [0.4, 0.5) is 4.39 Å². The van der Waals surface area contributed by atoms with Crippen LogP contribution in [0, 0.1) is 19.7 Å². The van der Waals surface area contributed by atoms with Crippen molar-refractivity contribution in [2.75, 3.05) is 26.2 Å². The minimum Gasteiger partial charge on any atom is -0.494 e. The number of rotatable bonds is 10. The highest BCUT2D eigenvalue weighted by Gasteiger charge is 2.28. The van der Waals surface area contributed by atoms with E-state index in [9.17, 15) is 0 Å². The zero-order chi connectivity index (χ0) is 27.2. The molecule has 0 bridgehead atoms. The van der Waals surface area contributed by atoms with Gasteiger partial charge in [0.05, 0.1) is 23.7 Å². The van der Waals surface area contributed by atoms with E-state index in [1.165, 1.54) is 6.07 Å². The highest BCUT2D eigenvalue weighted by Crippen LogP contribution is 2.34. The van der Waals surface area contributed by atoms with Gasteiger partial charge in [-0.1, -0.05) is 43.5 Å². The molecule has 1 aliphatic heterocycles. The Morgan fingerprint density at radius 3 is 2.63 bits per heavy atom. The van der Waals surface area contributed by atoms with Gasteiger partial charge in [-0.25, -0.2) is 9.07 Å². The maximum Gasteiger partial charge on any atom is 0.152 e. The van der Waals surface area contributed by atoms with Crippen LogP contribution in [-0.2, 0) is 0 Å². The molecule has 1 unspecified atom stereocenters. The molecule has 3 heterocycles. The molecule has 1 aromatic carbocycles. The van der Waals surface area contributed by atoms with E-state index < -0.39 is 0 Å². The molecule has 1 aliphatic rings. The summed E-state index contributed by atoms with van der Waals surface area (Å²) in [5.74, 6) is 0.333. The maximum absolute atomic E-state index is 15.0. The van der Waals surface area contributed by atoms with Gasteiger partial charge in [0, 0.05) is 30.0 Å². The summed E-state index contributed by atoms with van der Waals surface area (Å²) < 4.78 is 22.1. The number of aromatic nitrogens is 4. The molecule has 2 aromatic heterocycles. The molecule has 38 heavy (non-hydrogen) atoms. The van der Waals surface area contributed by atoms with Crippen LogP contribution in [0.25, 0.3) is 16.6 Å². The normalized spacial score (nSPS) is 16.3. The van der Waals surface area contributed by atoms with Gasteiger partial charge < -0.3 is 15.4 Å². The molecule has 0 radical (unpaired) electrons. The first-order valence-corrected chi connectivity index (χ1v) is 13.1. The summed E-state index contributed by atoms with van der Waals surface area (Å²) >= 11 is 0. The first kappa shape index (κ1) is 27.4.